The fourth-order valence-electron chi connectivity index (χ4n) is 1.82. The Morgan fingerprint density at radius 1 is 1.38 bits per heavy atom. The zero-order chi connectivity index (χ0) is 15.4. The van der Waals surface area contributed by atoms with Crippen molar-refractivity contribution in [2.75, 3.05) is 19.0 Å². The third-order valence-corrected chi connectivity index (χ3v) is 3.19. The van der Waals surface area contributed by atoms with Gasteiger partial charge in [0, 0.05) is 31.9 Å². The third kappa shape index (κ3) is 3.92. The predicted octanol–water partition coefficient (Wildman–Crippen LogP) is 2.43. The summed E-state index contributed by atoms with van der Waals surface area (Å²) >= 11 is 5.91. The summed E-state index contributed by atoms with van der Waals surface area (Å²) in [4.78, 5) is 22.4. The first-order valence-electron chi connectivity index (χ1n) is 6.51. The molecular weight excluding hydrogens is 288 g/mol. The topological polar surface area (TPSA) is 58.1 Å². The average molecular weight is 305 g/mol. The number of carbonyl (C=O) groups excluding carboxylic acids is 1. The number of aryl methyl sites for hydroxylation is 1. The van der Waals surface area contributed by atoms with E-state index in [0.29, 0.717) is 28.8 Å². The largest absolute Gasteiger partial charge is 0.348 e. The molecule has 0 saturated carbocycles. The summed E-state index contributed by atoms with van der Waals surface area (Å²) in [5.41, 5.74) is 2.07. The van der Waals surface area contributed by atoms with Crippen molar-refractivity contribution in [3.05, 3.63) is 52.3 Å². The van der Waals surface area contributed by atoms with Crippen LogP contribution in [0.3, 0.4) is 0 Å². The first kappa shape index (κ1) is 15.3. The van der Waals surface area contributed by atoms with Crippen molar-refractivity contribution in [2.24, 2.45) is 0 Å². The Kier molecular flexibility index (Phi) is 4.75. The first-order valence-corrected chi connectivity index (χ1v) is 6.89. The summed E-state index contributed by atoms with van der Waals surface area (Å²) in [6.45, 7) is 2.21. The molecule has 0 aliphatic rings. The summed E-state index contributed by atoms with van der Waals surface area (Å²) in [5.74, 6) is 0.386. The lowest BCUT2D eigenvalue weighted by molar-refractivity contribution is 0.0949. The molecule has 110 valence electrons. The van der Waals surface area contributed by atoms with Crippen LogP contribution in [0.5, 0.6) is 0 Å². The maximum Gasteiger partial charge on any atom is 0.254 e. The van der Waals surface area contributed by atoms with Gasteiger partial charge in [-0.15, -0.1) is 0 Å². The molecule has 5 nitrogen and oxygen atoms in total. The van der Waals surface area contributed by atoms with Gasteiger partial charge >= 0.3 is 0 Å². The molecule has 2 rings (SSSR count). The monoisotopic (exact) mass is 304 g/mol. The van der Waals surface area contributed by atoms with Crippen molar-refractivity contribution in [3.63, 3.8) is 0 Å². The number of nitrogens with zero attached hydrogens (tertiary/aromatic N) is 3. The number of halogens is 1. The molecule has 0 aliphatic heterocycles. The first-order chi connectivity index (χ1) is 9.97. The molecule has 0 radical (unpaired) electrons. The number of anilines is 1. The van der Waals surface area contributed by atoms with Gasteiger partial charge in [0.1, 0.15) is 0 Å². The maximum atomic E-state index is 12.2. The van der Waals surface area contributed by atoms with Crippen LogP contribution < -0.4 is 10.2 Å². The van der Waals surface area contributed by atoms with Crippen LogP contribution in [0.2, 0.25) is 5.02 Å². The van der Waals surface area contributed by atoms with Crippen LogP contribution in [0.15, 0.2) is 30.5 Å². The smallest absolute Gasteiger partial charge is 0.254 e. The van der Waals surface area contributed by atoms with E-state index in [4.69, 9.17) is 11.6 Å². The quantitative estimate of drug-likeness (QED) is 0.942. The van der Waals surface area contributed by atoms with Crippen LogP contribution in [0.1, 0.15) is 21.6 Å². The summed E-state index contributed by atoms with van der Waals surface area (Å²) in [6.07, 6.45) is 1.55. The summed E-state index contributed by atoms with van der Waals surface area (Å²) in [6, 6.07) is 7.37. The van der Waals surface area contributed by atoms with E-state index in [2.05, 4.69) is 15.3 Å². The minimum Gasteiger partial charge on any atom is -0.348 e. The Hall–Kier alpha value is -2.14. The lowest BCUT2D eigenvalue weighted by atomic mass is 10.2. The van der Waals surface area contributed by atoms with Crippen molar-refractivity contribution < 1.29 is 4.79 Å². The molecule has 6 heteroatoms. The van der Waals surface area contributed by atoms with Crippen LogP contribution in [0, 0.1) is 6.92 Å². The second-order valence-corrected chi connectivity index (χ2v) is 5.31. The molecule has 1 amide bonds. The second-order valence-electron chi connectivity index (χ2n) is 4.88. The number of amides is 1. The van der Waals surface area contributed by atoms with E-state index < -0.39 is 0 Å². The molecule has 1 aromatic heterocycles. The van der Waals surface area contributed by atoms with Gasteiger partial charge in [-0.05, 0) is 24.6 Å². The molecule has 0 fully saturated rings. The molecule has 2 aromatic rings. The van der Waals surface area contributed by atoms with Gasteiger partial charge in [-0.1, -0.05) is 23.7 Å². The highest BCUT2D eigenvalue weighted by Crippen LogP contribution is 2.12. The highest BCUT2D eigenvalue weighted by atomic mass is 35.5. The molecule has 0 aliphatic carbocycles. The average Bonchev–Trinajstić information content (AvgIpc) is 2.44. The Bertz CT molecular complexity index is 658. The van der Waals surface area contributed by atoms with Crippen LogP contribution in [-0.4, -0.2) is 30.0 Å². The van der Waals surface area contributed by atoms with Gasteiger partial charge in [0.15, 0.2) is 0 Å². The van der Waals surface area contributed by atoms with Gasteiger partial charge in [-0.25, -0.2) is 9.97 Å². The van der Waals surface area contributed by atoms with E-state index in [9.17, 15) is 4.79 Å². The van der Waals surface area contributed by atoms with E-state index >= 15 is 0 Å². The van der Waals surface area contributed by atoms with Crippen LogP contribution >= 0.6 is 11.6 Å². The molecular formula is C15H17ClN4O. The number of hydrogen-bond donors (Lipinski definition) is 1. The number of aromatic nitrogens is 2. The number of nitrogens with one attached hydrogen (secondary N) is 1. The maximum absolute atomic E-state index is 12.2. The molecule has 1 aromatic carbocycles. The van der Waals surface area contributed by atoms with Gasteiger partial charge in [-0.2, -0.15) is 0 Å². The van der Waals surface area contributed by atoms with E-state index in [-0.39, 0.29) is 5.91 Å². The fraction of sp³-hybridized carbons (Fsp3) is 0.267. The summed E-state index contributed by atoms with van der Waals surface area (Å²) in [7, 11) is 3.71. The zero-order valence-electron chi connectivity index (χ0n) is 12.2. The Labute approximate surface area is 129 Å². The standard InChI is InChI=1S/C15H17ClN4O/c1-10-13(9-18-15(19-10)20(2)3)14(21)17-8-11-5-4-6-12(16)7-11/h4-7,9H,8H2,1-3H3,(H,17,21). The van der Waals surface area contributed by atoms with Gasteiger partial charge in [-0.3, -0.25) is 4.79 Å². The minimum atomic E-state index is -0.196. The van der Waals surface area contributed by atoms with Crippen LogP contribution in [0.4, 0.5) is 5.95 Å². The summed E-state index contributed by atoms with van der Waals surface area (Å²) in [5, 5.41) is 3.49. The van der Waals surface area contributed by atoms with Crippen LogP contribution in [0.25, 0.3) is 0 Å². The van der Waals surface area contributed by atoms with E-state index in [1.54, 1.807) is 24.1 Å². The van der Waals surface area contributed by atoms with Crippen LogP contribution in [-0.2, 0) is 6.54 Å². The number of hydrogen-bond acceptors (Lipinski definition) is 4. The molecule has 0 atom stereocenters. The second kappa shape index (κ2) is 6.54. The van der Waals surface area contributed by atoms with Gasteiger partial charge in [0.2, 0.25) is 5.95 Å². The lowest BCUT2D eigenvalue weighted by Crippen LogP contribution is -2.25. The van der Waals surface area contributed by atoms with E-state index in [1.807, 2.05) is 32.3 Å². The van der Waals surface area contributed by atoms with Gasteiger partial charge in [0.25, 0.3) is 5.91 Å². The van der Waals surface area contributed by atoms with Crippen molar-refractivity contribution >= 4 is 23.5 Å². The van der Waals surface area contributed by atoms with Crippen molar-refractivity contribution in [3.8, 4) is 0 Å². The molecule has 21 heavy (non-hydrogen) atoms. The fourth-order valence-corrected chi connectivity index (χ4v) is 2.03. The highest BCUT2D eigenvalue weighted by molar-refractivity contribution is 6.30. The molecule has 0 unspecified atom stereocenters. The Morgan fingerprint density at radius 3 is 2.76 bits per heavy atom. The molecule has 1 heterocycles. The Morgan fingerprint density at radius 2 is 2.14 bits per heavy atom. The molecule has 1 N–H and O–H groups in total. The predicted molar refractivity (Wildman–Crippen MR) is 83.7 cm³/mol. The van der Waals surface area contributed by atoms with Gasteiger partial charge < -0.3 is 10.2 Å². The Balaban J connectivity index is 2.07. The van der Waals surface area contributed by atoms with E-state index in [1.165, 1.54) is 0 Å². The zero-order valence-corrected chi connectivity index (χ0v) is 13.0. The SMILES string of the molecule is Cc1nc(N(C)C)ncc1C(=O)NCc1cccc(Cl)c1. The van der Waals surface area contributed by atoms with Crippen molar-refractivity contribution in [1.82, 2.24) is 15.3 Å². The molecule has 0 bridgehead atoms. The molecule has 0 spiro atoms. The third-order valence-electron chi connectivity index (χ3n) is 2.95. The lowest BCUT2D eigenvalue weighted by Gasteiger charge is -2.12. The number of rotatable bonds is 4. The normalized spacial score (nSPS) is 10.3. The highest BCUT2D eigenvalue weighted by Gasteiger charge is 2.12. The minimum absolute atomic E-state index is 0.196. The number of carbonyl (C=O) groups is 1. The summed E-state index contributed by atoms with van der Waals surface area (Å²) < 4.78 is 0. The van der Waals surface area contributed by atoms with Crippen molar-refractivity contribution in [2.45, 2.75) is 13.5 Å². The van der Waals surface area contributed by atoms with Gasteiger partial charge in [0.05, 0.1) is 11.3 Å². The van der Waals surface area contributed by atoms with Crippen molar-refractivity contribution in [1.29, 1.82) is 0 Å². The number of benzene rings is 1. The van der Waals surface area contributed by atoms with E-state index in [0.717, 1.165) is 5.56 Å². The molecule has 0 saturated heterocycles.